The van der Waals surface area contributed by atoms with E-state index in [2.05, 4.69) is 6.07 Å². The first kappa shape index (κ1) is 36.4. The molecule has 0 amide bonds. The van der Waals surface area contributed by atoms with Crippen LogP contribution < -0.4 is 4.52 Å². The van der Waals surface area contributed by atoms with Gasteiger partial charge in [0.05, 0.1) is 5.60 Å². The first-order valence-electron chi connectivity index (χ1n) is 12.5. The van der Waals surface area contributed by atoms with Crippen LogP contribution in [-0.2, 0) is 44.3 Å². The van der Waals surface area contributed by atoms with Crippen LogP contribution in [0.3, 0.4) is 0 Å². The van der Waals surface area contributed by atoms with E-state index in [-0.39, 0.29) is 19.5 Å². The Morgan fingerprint density at radius 2 is 1.08 bits per heavy atom. The normalized spacial score (nSPS) is 11.9. The van der Waals surface area contributed by atoms with Crippen LogP contribution in [0.15, 0.2) is 84.9 Å². The molecule has 3 aromatic rings. The van der Waals surface area contributed by atoms with Gasteiger partial charge in [-0.25, -0.2) is 4.57 Å². The van der Waals surface area contributed by atoms with Gasteiger partial charge in [0, 0.05) is 0 Å². The van der Waals surface area contributed by atoms with Crippen LogP contribution >= 0.6 is 7.82 Å². The monoisotopic (exact) mass is 601 g/mol. The first-order valence-corrected chi connectivity index (χ1v) is 14.0. The summed E-state index contributed by atoms with van der Waals surface area (Å²) in [6.07, 6.45) is 0. The fourth-order valence-electron chi connectivity index (χ4n) is 2.93. The van der Waals surface area contributed by atoms with E-state index >= 15 is 0 Å². The topological polar surface area (TPSA) is 44.8 Å². The minimum atomic E-state index is -4.04. The molecule has 3 aromatic carbocycles. The minimum Gasteiger partial charge on any atom is -0.404 e. The van der Waals surface area contributed by atoms with Gasteiger partial charge in [0.25, 0.3) is 0 Å². The smallest absolute Gasteiger partial charge is 0.404 e. The van der Waals surface area contributed by atoms with Crippen molar-refractivity contribution in [1.82, 2.24) is 0 Å². The molecule has 0 fully saturated rings. The summed E-state index contributed by atoms with van der Waals surface area (Å²) in [5.74, 6) is 0.410. The second-order valence-corrected chi connectivity index (χ2v) is 9.14. The van der Waals surface area contributed by atoms with Gasteiger partial charge in [-0.2, -0.15) is 30.3 Å². The van der Waals surface area contributed by atoms with Crippen molar-refractivity contribution in [3.63, 3.8) is 0 Å². The number of hydrogen-bond donors (Lipinski definition) is 0. The summed E-state index contributed by atoms with van der Waals surface area (Å²) >= 11 is 0. The summed E-state index contributed by atoms with van der Waals surface area (Å²) in [5.41, 5.74) is -0.233. The number of rotatable bonds is 8. The molecule has 0 N–H and O–H groups in total. The van der Waals surface area contributed by atoms with E-state index in [4.69, 9.17) is 13.6 Å². The Hall–Kier alpha value is -1.77. The second kappa shape index (κ2) is 18.5. The van der Waals surface area contributed by atoms with Crippen LogP contribution in [-0.4, -0.2) is 0 Å². The zero-order valence-corrected chi connectivity index (χ0v) is 26.1. The van der Waals surface area contributed by atoms with Gasteiger partial charge in [-0.15, -0.1) is 5.56 Å². The van der Waals surface area contributed by atoms with Crippen molar-refractivity contribution in [1.29, 1.82) is 0 Å². The Kier molecular flexibility index (Phi) is 18.7. The molecule has 6 heteroatoms. The first-order chi connectivity index (χ1) is 16.7. The zero-order valence-electron chi connectivity index (χ0n) is 23.5. The number of phosphoric acid groups is 1. The molecule has 201 valence electrons. The molecule has 0 saturated heterocycles. The van der Waals surface area contributed by atoms with Crippen LogP contribution in [0, 0.1) is 6.07 Å². The van der Waals surface area contributed by atoms with E-state index in [1.54, 1.807) is 30.3 Å². The second-order valence-electron chi connectivity index (χ2n) is 7.70. The molecule has 0 spiro atoms. The minimum absolute atomic E-state index is 0. The maximum absolute atomic E-state index is 13.9. The van der Waals surface area contributed by atoms with Gasteiger partial charge in [-0.05, 0) is 45.4 Å². The molecule has 36 heavy (non-hydrogen) atoms. The van der Waals surface area contributed by atoms with Gasteiger partial charge in [-0.1, -0.05) is 90.1 Å². The van der Waals surface area contributed by atoms with E-state index in [1.165, 1.54) is 0 Å². The third-order valence-corrected chi connectivity index (χ3v) is 6.26. The Morgan fingerprint density at radius 3 is 1.56 bits per heavy atom. The standard InChI is InChI=1S/C24H26O4P.3C2H6.Ru/c1-23(2,20-14-8-5-9-15-20)27-29(25,26-22-18-12-7-13-19-22)28-24(3,4)21-16-10-6-11-17-21;3*1-2;/h5-16,18-19H,1-4H3;3*1-2H3;/q-1;;;;+1. The molecular formula is C30H44O4PRu. The fourth-order valence-corrected chi connectivity index (χ4v) is 4.75. The van der Waals surface area contributed by atoms with Crippen molar-refractivity contribution in [2.75, 3.05) is 0 Å². The number of hydrogen-bond acceptors (Lipinski definition) is 4. The molecule has 0 aliphatic heterocycles. The Morgan fingerprint density at radius 1 is 0.639 bits per heavy atom. The Labute approximate surface area is 233 Å². The van der Waals surface area contributed by atoms with Crippen LogP contribution in [0.4, 0.5) is 0 Å². The molecule has 4 nitrogen and oxygen atoms in total. The fraction of sp³-hybridized carbons (Fsp3) is 0.400. The van der Waals surface area contributed by atoms with Crippen LogP contribution in [0.25, 0.3) is 0 Å². The van der Waals surface area contributed by atoms with Crippen molar-refractivity contribution in [2.45, 2.75) is 80.4 Å². The van der Waals surface area contributed by atoms with Gasteiger partial charge < -0.3 is 4.52 Å². The van der Waals surface area contributed by atoms with E-state index in [1.807, 2.05) is 124 Å². The Bertz CT molecular complexity index is 905. The van der Waals surface area contributed by atoms with Gasteiger partial charge >= 0.3 is 27.3 Å². The average Bonchev–Trinajstić information content (AvgIpc) is 2.88. The Balaban J connectivity index is 0. The van der Waals surface area contributed by atoms with Crippen molar-refractivity contribution >= 4 is 7.82 Å². The maximum Gasteiger partial charge on any atom is 1.00 e. The zero-order chi connectivity index (χ0) is 27.0. The maximum atomic E-state index is 13.9. The molecule has 1 unspecified atom stereocenters. The summed E-state index contributed by atoms with van der Waals surface area (Å²) < 4.78 is 31.8. The molecule has 0 aromatic heterocycles. The van der Waals surface area contributed by atoms with Crippen LogP contribution in [0.5, 0.6) is 5.75 Å². The van der Waals surface area contributed by atoms with E-state index in [0.717, 1.165) is 11.1 Å². The van der Waals surface area contributed by atoms with Crippen LogP contribution in [0.1, 0.15) is 80.4 Å². The van der Waals surface area contributed by atoms with Gasteiger partial charge in [-0.3, -0.25) is 9.05 Å². The molecular weight excluding hydrogens is 556 g/mol. The predicted octanol–water partition coefficient (Wildman–Crippen LogP) is 9.95. The molecule has 3 rings (SSSR count). The van der Waals surface area contributed by atoms with Gasteiger partial charge in [0.1, 0.15) is 11.4 Å². The third kappa shape index (κ3) is 12.0. The van der Waals surface area contributed by atoms with Gasteiger partial charge in [0.15, 0.2) is 0 Å². The molecule has 1 radical (unpaired) electrons. The summed E-state index contributed by atoms with van der Waals surface area (Å²) in [6, 6.07) is 29.0. The predicted molar refractivity (Wildman–Crippen MR) is 149 cm³/mol. The summed E-state index contributed by atoms with van der Waals surface area (Å²) in [7, 11) is -4.04. The molecule has 0 heterocycles. The largest absolute Gasteiger partial charge is 1.00 e. The van der Waals surface area contributed by atoms with Crippen molar-refractivity contribution < 1.29 is 37.6 Å². The van der Waals surface area contributed by atoms with E-state index in [9.17, 15) is 4.57 Å². The molecule has 0 saturated carbocycles. The molecule has 0 aliphatic carbocycles. The van der Waals surface area contributed by atoms with Crippen LogP contribution in [0.2, 0.25) is 0 Å². The molecule has 1 atom stereocenters. The third-order valence-electron chi connectivity index (χ3n) is 4.47. The van der Waals surface area contributed by atoms with Gasteiger partial charge in [0.2, 0.25) is 0 Å². The van der Waals surface area contributed by atoms with E-state index < -0.39 is 19.0 Å². The number of phosphoric ester groups is 1. The molecule has 0 bridgehead atoms. The molecule has 0 aliphatic rings. The SMILES string of the molecule is CC.CC.CC.CC(C)(OP(=O)(Oc1ccccc1)OC(C)(C)c1ccccc1)c1[c-]cccc1.[Ru+]. The number of benzene rings is 3. The average molecular weight is 601 g/mol. The van der Waals surface area contributed by atoms with E-state index in [0.29, 0.717) is 5.75 Å². The summed E-state index contributed by atoms with van der Waals surface area (Å²) in [6.45, 7) is 19.3. The number of para-hydroxylation sites is 1. The van der Waals surface area contributed by atoms with Crippen molar-refractivity contribution in [3.8, 4) is 5.75 Å². The quantitative estimate of drug-likeness (QED) is 0.147. The van der Waals surface area contributed by atoms with Crippen molar-refractivity contribution in [3.05, 3.63) is 102 Å². The summed E-state index contributed by atoms with van der Waals surface area (Å²) in [5, 5.41) is 0. The summed E-state index contributed by atoms with van der Waals surface area (Å²) in [4.78, 5) is 0. The van der Waals surface area contributed by atoms with Crippen molar-refractivity contribution in [2.24, 2.45) is 0 Å².